The van der Waals surface area contributed by atoms with Crippen molar-refractivity contribution in [2.24, 2.45) is 0 Å². The number of alkyl halides is 1. The van der Waals surface area contributed by atoms with Crippen LogP contribution in [-0.2, 0) is 16.4 Å². The minimum Gasteiger partial charge on any atom is -0.332 e. The van der Waals surface area contributed by atoms with E-state index in [1.165, 1.54) is 6.20 Å². The van der Waals surface area contributed by atoms with Crippen LogP contribution in [-0.4, -0.2) is 29.8 Å². The van der Waals surface area contributed by atoms with Crippen LogP contribution in [0.4, 0.5) is 0 Å². The molecule has 0 aliphatic heterocycles. The van der Waals surface area contributed by atoms with Crippen molar-refractivity contribution < 1.29 is 8.42 Å². The Kier molecular flexibility index (Phi) is 5.19. The first-order chi connectivity index (χ1) is 8.37. The standard InChI is InChI=1S/C11H20ClN3O2S/c1-4-9-13-8-10(14-9)18(16,17)15-11(3,5-2)6-7-12/h8,15H,4-7H2,1-3H3,(H,13,14). The zero-order valence-electron chi connectivity index (χ0n) is 11.0. The number of halogens is 1. The van der Waals surface area contributed by atoms with E-state index >= 15 is 0 Å². The van der Waals surface area contributed by atoms with Crippen molar-refractivity contribution in [3.05, 3.63) is 12.0 Å². The van der Waals surface area contributed by atoms with Gasteiger partial charge in [0, 0.05) is 17.8 Å². The second kappa shape index (κ2) is 6.04. The van der Waals surface area contributed by atoms with Gasteiger partial charge < -0.3 is 4.98 Å². The molecule has 1 aromatic heterocycles. The summed E-state index contributed by atoms with van der Waals surface area (Å²) in [6.45, 7) is 5.69. The van der Waals surface area contributed by atoms with Crippen molar-refractivity contribution in [2.75, 3.05) is 5.88 Å². The van der Waals surface area contributed by atoms with E-state index in [-0.39, 0.29) is 5.03 Å². The van der Waals surface area contributed by atoms with Gasteiger partial charge in [-0.25, -0.2) is 18.1 Å². The topological polar surface area (TPSA) is 74.8 Å². The van der Waals surface area contributed by atoms with Crippen LogP contribution in [0.3, 0.4) is 0 Å². The number of hydrogen-bond donors (Lipinski definition) is 2. The third-order valence-electron chi connectivity index (χ3n) is 3.04. The molecule has 0 aliphatic rings. The number of H-pyrrole nitrogens is 1. The summed E-state index contributed by atoms with van der Waals surface area (Å²) in [5.74, 6) is 1.07. The predicted molar refractivity (Wildman–Crippen MR) is 72.3 cm³/mol. The van der Waals surface area contributed by atoms with Gasteiger partial charge >= 0.3 is 0 Å². The molecule has 0 fully saturated rings. The summed E-state index contributed by atoms with van der Waals surface area (Å²) in [5.41, 5.74) is -0.530. The third kappa shape index (κ3) is 3.70. The van der Waals surface area contributed by atoms with Crippen LogP contribution in [0.5, 0.6) is 0 Å². The predicted octanol–water partition coefficient (Wildman–Crippen LogP) is 2.05. The van der Waals surface area contributed by atoms with Crippen LogP contribution in [0.1, 0.15) is 39.4 Å². The Morgan fingerprint density at radius 3 is 2.61 bits per heavy atom. The number of sulfonamides is 1. The van der Waals surface area contributed by atoms with Gasteiger partial charge in [0.25, 0.3) is 10.0 Å². The number of aromatic amines is 1. The van der Waals surface area contributed by atoms with Crippen LogP contribution < -0.4 is 4.72 Å². The number of aryl methyl sites for hydroxylation is 1. The molecule has 1 unspecified atom stereocenters. The van der Waals surface area contributed by atoms with E-state index in [1.807, 2.05) is 20.8 Å². The van der Waals surface area contributed by atoms with Gasteiger partial charge in [0.05, 0.1) is 6.20 Å². The van der Waals surface area contributed by atoms with Gasteiger partial charge in [-0.3, -0.25) is 0 Å². The average Bonchev–Trinajstić information content (AvgIpc) is 2.78. The quantitative estimate of drug-likeness (QED) is 0.756. The Morgan fingerprint density at radius 2 is 2.17 bits per heavy atom. The molecular formula is C11H20ClN3O2S. The van der Waals surface area contributed by atoms with Gasteiger partial charge in [-0.05, 0) is 19.8 Å². The highest BCUT2D eigenvalue weighted by molar-refractivity contribution is 7.89. The first kappa shape index (κ1) is 15.5. The number of nitrogens with zero attached hydrogens (tertiary/aromatic N) is 1. The lowest BCUT2D eigenvalue weighted by atomic mass is 9.97. The molecule has 18 heavy (non-hydrogen) atoms. The highest BCUT2D eigenvalue weighted by Crippen LogP contribution is 2.19. The van der Waals surface area contributed by atoms with Crippen LogP contribution in [0.15, 0.2) is 11.2 Å². The highest BCUT2D eigenvalue weighted by Gasteiger charge is 2.29. The Bertz CT molecular complexity index is 486. The molecule has 0 radical (unpaired) electrons. The van der Waals surface area contributed by atoms with Gasteiger partial charge in [0.2, 0.25) is 0 Å². The van der Waals surface area contributed by atoms with Crippen molar-refractivity contribution in [3.8, 4) is 0 Å². The third-order valence-corrected chi connectivity index (χ3v) is 4.77. The molecule has 104 valence electrons. The SMILES string of the molecule is CCc1ncc(S(=O)(=O)NC(C)(CC)CCCl)[nH]1. The lowest BCUT2D eigenvalue weighted by Gasteiger charge is -2.28. The highest BCUT2D eigenvalue weighted by atomic mass is 35.5. The molecule has 5 nitrogen and oxygen atoms in total. The fraction of sp³-hybridized carbons (Fsp3) is 0.727. The monoisotopic (exact) mass is 293 g/mol. The molecule has 0 aromatic carbocycles. The summed E-state index contributed by atoms with van der Waals surface area (Å²) in [4.78, 5) is 6.80. The zero-order valence-corrected chi connectivity index (χ0v) is 12.5. The van der Waals surface area contributed by atoms with Crippen LogP contribution in [0.25, 0.3) is 0 Å². The van der Waals surface area contributed by atoms with E-state index < -0.39 is 15.6 Å². The lowest BCUT2D eigenvalue weighted by molar-refractivity contribution is 0.390. The van der Waals surface area contributed by atoms with Crippen molar-refractivity contribution in [2.45, 2.75) is 50.6 Å². The molecule has 0 saturated carbocycles. The van der Waals surface area contributed by atoms with Gasteiger partial charge in [0.15, 0.2) is 5.03 Å². The van der Waals surface area contributed by atoms with Crippen molar-refractivity contribution in [1.29, 1.82) is 0 Å². The van der Waals surface area contributed by atoms with Crippen molar-refractivity contribution in [3.63, 3.8) is 0 Å². The van der Waals surface area contributed by atoms with Gasteiger partial charge in [-0.2, -0.15) is 0 Å². The van der Waals surface area contributed by atoms with Crippen LogP contribution in [0, 0.1) is 0 Å². The Morgan fingerprint density at radius 1 is 1.50 bits per heavy atom. The fourth-order valence-corrected chi connectivity index (χ4v) is 3.41. The molecule has 7 heteroatoms. The second-order valence-electron chi connectivity index (χ2n) is 4.51. The molecule has 1 aromatic rings. The van der Waals surface area contributed by atoms with E-state index in [2.05, 4.69) is 14.7 Å². The Hall–Kier alpha value is -0.590. The zero-order chi connectivity index (χ0) is 13.8. The molecule has 1 atom stereocenters. The largest absolute Gasteiger partial charge is 0.332 e. The lowest BCUT2D eigenvalue weighted by Crippen LogP contribution is -2.45. The summed E-state index contributed by atoms with van der Waals surface area (Å²) in [6.07, 6.45) is 3.27. The average molecular weight is 294 g/mol. The normalized spacial score (nSPS) is 15.6. The summed E-state index contributed by atoms with van der Waals surface area (Å²) in [7, 11) is -3.57. The summed E-state index contributed by atoms with van der Waals surface area (Å²) in [5, 5.41) is 0.105. The van der Waals surface area contributed by atoms with Gasteiger partial charge in [-0.1, -0.05) is 13.8 Å². The van der Waals surface area contributed by atoms with Gasteiger partial charge in [0.1, 0.15) is 5.82 Å². The summed E-state index contributed by atoms with van der Waals surface area (Å²) < 4.78 is 27.1. The maximum atomic E-state index is 12.2. The van der Waals surface area contributed by atoms with E-state index in [0.29, 0.717) is 31.0 Å². The molecular weight excluding hydrogens is 274 g/mol. The van der Waals surface area contributed by atoms with Crippen LogP contribution in [0.2, 0.25) is 0 Å². The minimum atomic E-state index is -3.57. The molecule has 0 bridgehead atoms. The molecule has 0 saturated heterocycles. The smallest absolute Gasteiger partial charge is 0.258 e. The molecule has 2 N–H and O–H groups in total. The number of hydrogen-bond acceptors (Lipinski definition) is 3. The molecule has 0 amide bonds. The van der Waals surface area contributed by atoms with E-state index in [9.17, 15) is 8.42 Å². The van der Waals surface area contributed by atoms with Crippen LogP contribution >= 0.6 is 11.6 Å². The first-order valence-electron chi connectivity index (χ1n) is 6.00. The van der Waals surface area contributed by atoms with E-state index in [1.54, 1.807) is 0 Å². The number of nitrogens with one attached hydrogen (secondary N) is 2. The fourth-order valence-electron chi connectivity index (χ4n) is 1.55. The molecule has 0 aliphatic carbocycles. The maximum absolute atomic E-state index is 12.2. The van der Waals surface area contributed by atoms with E-state index in [0.717, 1.165) is 0 Å². The summed E-state index contributed by atoms with van der Waals surface area (Å²) >= 11 is 5.71. The summed E-state index contributed by atoms with van der Waals surface area (Å²) in [6, 6.07) is 0. The van der Waals surface area contributed by atoms with Crippen molar-refractivity contribution in [1.82, 2.24) is 14.7 Å². The van der Waals surface area contributed by atoms with Crippen molar-refractivity contribution >= 4 is 21.6 Å². The molecule has 0 spiro atoms. The first-order valence-corrected chi connectivity index (χ1v) is 8.02. The second-order valence-corrected chi connectivity index (χ2v) is 6.54. The maximum Gasteiger partial charge on any atom is 0.258 e. The minimum absolute atomic E-state index is 0.105. The molecule has 1 rings (SSSR count). The number of rotatable bonds is 7. The number of aromatic nitrogens is 2. The van der Waals surface area contributed by atoms with Gasteiger partial charge in [-0.15, -0.1) is 11.6 Å². The molecule has 1 heterocycles. The number of imidazole rings is 1. The Balaban J connectivity index is 2.93. The Labute approximate surface area is 113 Å². The van der Waals surface area contributed by atoms with E-state index in [4.69, 9.17) is 11.6 Å².